The maximum absolute atomic E-state index is 13.3. The van der Waals surface area contributed by atoms with Gasteiger partial charge in [0.2, 0.25) is 5.75 Å². The SMILES string of the molecule is C=CCN(Cc1ccc(OC)cc1)C(=O)c1cc(OCC)c(OCC)c(OCC)c1. The molecule has 2 aromatic rings. The fourth-order valence-electron chi connectivity index (χ4n) is 3.02. The zero-order valence-corrected chi connectivity index (χ0v) is 18.3. The van der Waals surface area contributed by atoms with E-state index in [0.717, 1.165) is 11.3 Å². The summed E-state index contributed by atoms with van der Waals surface area (Å²) < 4.78 is 22.4. The quantitative estimate of drug-likeness (QED) is 0.471. The van der Waals surface area contributed by atoms with Crippen LogP contribution in [-0.2, 0) is 6.54 Å². The molecule has 0 aliphatic carbocycles. The van der Waals surface area contributed by atoms with Crippen molar-refractivity contribution in [2.24, 2.45) is 0 Å². The van der Waals surface area contributed by atoms with Gasteiger partial charge in [-0.25, -0.2) is 0 Å². The predicted molar refractivity (Wildman–Crippen MR) is 118 cm³/mol. The Balaban J connectivity index is 2.38. The van der Waals surface area contributed by atoms with Gasteiger partial charge < -0.3 is 23.8 Å². The molecule has 6 heteroatoms. The topological polar surface area (TPSA) is 57.2 Å². The number of rotatable bonds is 12. The van der Waals surface area contributed by atoms with Crippen LogP contribution in [0.25, 0.3) is 0 Å². The summed E-state index contributed by atoms with van der Waals surface area (Å²) in [4.78, 5) is 15.1. The lowest BCUT2D eigenvalue weighted by molar-refractivity contribution is 0.0761. The van der Waals surface area contributed by atoms with E-state index < -0.39 is 0 Å². The summed E-state index contributed by atoms with van der Waals surface area (Å²) in [5.41, 5.74) is 1.47. The Morgan fingerprint density at radius 2 is 1.53 bits per heavy atom. The van der Waals surface area contributed by atoms with Crippen LogP contribution in [0, 0.1) is 0 Å². The summed E-state index contributed by atoms with van der Waals surface area (Å²) in [5.74, 6) is 2.14. The van der Waals surface area contributed by atoms with Gasteiger partial charge >= 0.3 is 0 Å². The van der Waals surface area contributed by atoms with Crippen molar-refractivity contribution < 1.29 is 23.7 Å². The minimum atomic E-state index is -0.143. The highest BCUT2D eigenvalue weighted by molar-refractivity contribution is 5.95. The predicted octanol–water partition coefficient (Wildman–Crippen LogP) is 4.72. The van der Waals surface area contributed by atoms with Gasteiger partial charge in [0.1, 0.15) is 5.75 Å². The molecule has 30 heavy (non-hydrogen) atoms. The Kier molecular flexibility index (Phi) is 9.06. The smallest absolute Gasteiger partial charge is 0.254 e. The van der Waals surface area contributed by atoms with E-state index in [9.17, 15) is 4.79 Å². The summed E-state index contributed by atoms with van der Waals surface area (Å²) in [7, 11) is 1.63. The maximum Gasteiger partial charge on any atom is 0.254 e. The highest BCUT2D eigenvalue weighted by atomic mass is 16.5. The minimum Gasteiger partial charge on any atom is -0.497 e. The van der Waals surface area contributed by atoms with Gasteiger partial charge in [-0.05, 0) is 50.6 Å². The summed E-state index contributed by atoms with van der Waals surface area (Å²) >= 11 is 0. The van der Waals surface area contributed by atoms with Crippen molar-refractivity contribution in [3.8, 4) is 23.0 Å². The molecule has 0 N–H and O–H groups in total. The lowest BCUT2D eigenvalue weighted by Crippen LogP contribution is -2.30. The zero-order valence-electron chi connectivity index (χ0n) is 18.3. The number of carbonyl (C=O) groups excluding carboxylic acids is 1. The molecule has 162 valence electrons. The van der Waals surface area contributed by atoms with Crippen molar-refractivity contribution in [3.63, 3.8) is 0 Å². The Labute approximate surface area is 179 Å². The van der Waals surface area contributed by atoms with Crippen LogP contribution in [0.4, 0.5) is 0 Å². The highest BCUT2D eigenvalue weighted by Crippen LogP contribution is 2.39. The number of ether oxygens (including phenoxy) is 4. The van der Waals surface area contributed by atoms with Crippen molar-refractivity contribution >= 4 is 5.91 Å². The fraction of sp³-hybridized carbons (Fsp3) is 0.375. The average molecular weight is 414 g/mol. The molecule has 2 rings (SSSR count). The summed E-state index contributed by atoms with van der Waals surface area (Å²) in [6.07, 6.45) is 1.71. The molecular formula is C24H31NO5. The molecule has 0 spiro atoms. The Hall–Kier alpha value is -3.15. The molecule has 0 aliphatic rings. The lowest BCUT2D eigenvalue weighted by atomic mass is 10.1. The monoisotopic (exact) mass is 413 g/mol. The van der Waals surface area contributed by atoms with Gasteiger partial charge in [-0.3, -0.25) is 4.79 Å². The molecule has 0 aromatic heterocycles. The van der Waals surface area contributed by atoms with Gasteiger partial charge in [-0.15, -0.1) is 6.58 Å². The highest BCUT2D eigenvalue weighted by Gasteiger charge is 2.22. The fourth-order valence-corrected chi connectivity index (χ4v) is 3.02. The first-order valence-corrected chi connectivity index (χ1v) is 10.2. The second-order valence-electron chi connectivity index (χ2n) is 6.42. The van der Waals surface area contributed by atoms with Gasteiger partial charge in [-0.2, -0.15) is 0 Å². The molecule has 0 unspecified atom stereocenters. The van der Waals surface area contributed by atoms with E-state index in [1.165, 1.54) is 0 Å². The molecule has 0 bridgehead atoms. The van der Waals surface area contributed by atoms with Gasteiger partial charge in [0.15, 0.2) is 11.5 Å². The molecule has 2 aromatic carbocycles. The van der Waals surface area contributed by atoms with Crippen LogP contribution in [-0.4, -0.2) is 44.3 Å². The van der Waals surface area contributed by atoms with Gasteiger partial charge in [-0.1, -0.05) is 18.2 Å². The van der Waals surface area contributed by atoms with Crippen molar-refractivity contribution in [2.75, 3.05) is 33.5 Å². The van der Waals surface area contributed by atoms with Crippen molar-refractivity contribution in [3.05, 3.63) is 60.2 Å². The first-order chi connectivity index (χ1) is 14.6. The molecule has 1 amide bonds. The number of hydrogen-bond donors (Lipinski definition) is 0. The molecule has 0 fully saturated rings. The average Bonchev–Trinajstić information content (AvgIpc) is 2.76. The van der Waals surface area contributed by atoms with Crippen LogP contribution >= 0.6 is 0 Å². The molecule has 0 radical (unpaired) electrons. The molecule has 0 atom stereocenters. The Morgan fingerprint density at radius 1 is 0.967 bits per heavy atom. The maximum atomic E-state index is 13.3. The van der Waals surface area contributed by atoms with E-state index in [1.807, 2.05) is 45.0 Å². The molecular weight excluding hydrogens is 382 g/mol. The van der Waals surface area contributed by atoms with E-state index in [0.29, 0.717) is 55.7 Å². The normalized spacial score (nSPS) is 10.3. The van der Waals surface area contributed by atoms with Gasteiger partial charge in [0, 0.05) is 18.7 Å². The van der Waals surface area contributed by atoms with Crippen LogP contribution < -0.4 is 18.9 Å². The van der Waals surface area contributed by atoms with E-state index in [2.05, 4.69) is 6.58 Å². The van der Waals surface area contributed by atoms with Gasteiger partial charge in [0.05, 0.1) is 26.9 Å². The van der Waals surface area contributed by atoms with Gasteiger partial charge in [0.25, 0.3) is 5.91 Å². The number of amides is 1. The Morgan fingerprint density at radius 3 is 2.00 bits per heavy atom. The van der Waals surface area contributed by atoms with Crippen LogP contribution in [0.15, 0.2) is 49.1 Å². The summed E-state index contributed by atoms with van der Waals surface area (Å²) in [5, 5.41) is 0. The van der Waals surface area contributed by atoms with E-state index in [4.69, 9.17) is 18.9 Å². The van der Waals surface area contributed by atoms with E-state index in [-0.39, 0.29) is 5.91 Å². The largest absolute Gasteiger partial charge is 0.497 e. The number of hydrogen-bond acceptors (Lipinski definition) is 5. The minimum absolute atomic E-state index is 0.143. The third-order valence-electron chi connectivity index (χ3n) is 4.33. The first kappa shape index (κ1) is 23.1. The van der Waals surface area contributed by atoms with Crippen molar-refractivity contribution in [1.29, 1.82) is 0 Å². The molecule has 0 aliphatic heterocycles. The van der Waals surface area contributed by atoms with Crippen LogP contribution in [0.3, 0.4) is 0 Å². The first-order valence-electron chi connectivity index (χ1n) is 10.2. The Bertz CT molecular complexity index is 805. The number of benzene rings is 2. The second-order valence-corrected chi connectivity index (χ2v) is 6.42. The molecule has 0 heterocycles. The number of nitrogens with zero attached hydrogens (tertiary/aromatic N) is 1. The van der Waals surface area contributed by atoms with Crippen LogP contribution in [0.2, 0.25) is 0 Å². The standard InChI is InChI=1S/C24H31NO5/c1-6-14-25(17-18-10-12-20(27-5)13-11-18)24(26)19-15-21(28-7-2)23(30-9-4)22(16-19)29-8-3/h6,10-13,15-16H,1,7-9,14,17H2,2-5H3. The lowest BCUT2D eigenvalue weighted by Gasteiger charge is -2.23. The van der Waals surface area contributed by atoms with E-state index >= 15 is 0 Å². The number of carbonyl (C=O) groups is 1. The summed E-state index contributed by atoms with van der Waals surface area (Å²) in [6.45, 7) is 11.7. The third kappa shape index (κ3) is 5.92. The molecule has 6 nitrogen and oxygen atoms in total. The summed E-state index contributed by atoms with van der Waals surface area (Å²) in [6, 6.07) is 11.1. The van der Waals surface area contributed by atoms with E-state index in [1.54, 1.807) is 30.2 Å². The van der Waals surface area contributed by atoms with Crippen molar-refractivity contribution in [1.82, 2.24) is 4.90 Å². The number of methoxy groups -OCH3 is 1. The van der Waals surface area contributed by atoms with Crippen LogP contribution in [0.5, 0.6) is 23.0 Å². The second kappa shape index (κ2) is 11.8. The molecule has 0 saturated heterocycles. The molecule has 0 saturated carbocycles. The third-order valence-corrected chi connectivity index (χ3v) is 4.33. The van der Waals surface area contributed by atoms with Crippen LogP contribution in [0.1, 0.15) is 36.7 Å². The zero-order chi connectivity index (χ0) is 21.9. The van der Waals surface area contributed by atoms with Crippen molar-refractivity contribution in [2.45, 2.75) is 27.3 Å².